The molecule has 2 aromatic carbocycles. The van der Waals surface area contributed by atoms with E-state index in [2.05, 4.69) is 10.0 Å². The van der Waals surface area contributed by atoms with Gasteiger partial charge in [0.05, 0.1) is 23.3 Å². The predicted molar refractivity (Wildman–Crippen MR) is 108 cm³/mol. The molecule has 0 unspecified atom stereocenters. The molecule has 0 saturated carbocycles. The highest BCUT2D eigenvalue weighted by atomic mass is 32.2. The summed E-state index contributed by atoms with van der Waals surface area (Å²) in [5.41, 5.74) is -0.423. The maximum atomic E-state index is 12.6. The van der Waals surface area contributed by atoms with Crippen LogP contribution in [0.15, 0.2) is 53.4 Å². The number of esters is 1. The fourth-order valence-electron chi connectivity index (χ4n) is 2.37. The van der Waals surface area contributed by atoms with Crippen LogP contribution in [-0.4, -0.2) is 39.5 Å². The van der Waals surface area contributed by atoms with E-state index in [0.717, 1.165) is 0 Å². The second-order valence-corrected chi connectivity index (χ2v) is 8.88. The Morgan fingerprint density at radius 2 is 1.62 bits per heavy atom. The smallest absolute Gasteiger partial charge is 0.340 e. The Kier molecular flexibility index (Phi) is 6.86. The topological polar surface area (TPSA) is 111 Å². The second kappa shape index (κ2) is 8.95. The summed E-state index contributed by atoms with van der Waals surface area (Å²) >= 11 is 0. The number of carbonyl (C=O) groups excluding carboxylic acids is 2. The molecular weight excluding hydrogens is 396 g/mol. The van der Waals surface area contributed by atoms with Crippen molar-refractivity contribution in [2.75, 3.05) is 18.4 Å². The number of nitrogens with one attached hydrogen (secondary N) is 2. The Labute approximate surface area is 170 Å². The lowest BCUT2D eigenvalue weighted by atomic mass is 10.1. The molecule has 0 aromatic heterocycles. The molecule has 0 radical (unpaired) electrons. The number of rotatable bonds is 7. The van der Waals surface area contributed by atoms with Crippen LogP contribution in [0.1, 0.15) is 31.1 Å². The minimum absolute atomic E-state index is 0.00558. The maximum Gasteiger partial charge on any atom is 0.340 e. The summed E-state index contributed by atoms with van der Waals surface area (Å²) < 4.78 is 37.7. The summed E-state index contributed by atoms with van der Waals surface area (Å²) in [6, 6.07) is 11.8. The number of sulfonamides is 1. The van der Waals surface area contributed by atoms with Crippen LogP contribution in [0, 0.1) is 0 Å². The van der Waals surface area contributed by atoms with Crippen molar-refractivity contribution in [2.24, 2.45) is 0 Å². The lowest BCUT2D eigenvalue weighted by Gasteiger charge is -2.20. The Morgan fingerprint density at radius 3 is 2.21 bits per heavy atom. The number of para-hydroxylation sites is 1. The van der Waals surface area contributed by atoms with Crippen molar-refractivity contribution in [1.29, 1.82) is 0 Å². The maximum absolute atomic E-state index is 12.6. The summed E-state index contributed by atoms with van der Waals surface area (Å²) in [5, 5.41) is 2.67. The highest BCUT2D eigenvalue weighted by molar-refractivity contribution is 7.92. The minimum Gasteiger partial charge on any atom is -0.497 e. The van der Waals surface area contributed by atoms with E-state index in [9.17, 15) is 18.0 Å². The monoisotopic (exact) mass is 420 g/mol. The molecule has 1 amide bonds. The van der Waals surface area contributed by atoms with E-state index >= 15 is 0 Å². The van der Waals surface area contributed by atoms with E-state index in [1.54, 1.807) is 32.9 Å². The van der Waals surface area contributed by atoms with Gasteiger partial charge in [-0.2, -0.15) is 0 Å². The van der Waals surface area contributed by atoms with Crippen molar-refractivity contribution in [3.63, 3.8) is 0 Å². The standard InChI is InChI=1S/C20H24N2O6S/c1-20(2,3)21-18(23)13-28-19(24)16-7-5-6-8-17(16)22-29(25,26)15-11-9-14(27-4)10-12-15/h5-12,22H,13H2,1-4H3,(H,21,23). The Balaban J connectivity index is 2.15. The molecule has 0 bridgehead atoms. The first-order valence-electron chi connectivity index (χ1n) is 8.76. The van der Waals surface area contributed by atoms with Crippen molar-refractivity contribution in [2.45, 2.75) is 31.2 Å². The third-order valence-corrected chi connectivity index (χ3v) is 4.99. The van der Waals surface area contributed by atoms with Gasteiger partial charge in [-0.05, 0) is 57.2 Å². The van der Waals surface area contributed by atoms with Crippen molar-refractivity contribution in [3.8, 4) is 5.75 Å². The molecular formula is C20H24N2O6S. The number of amides is 1. The van der Waals surface area contributed by atoms with E-state index in [1.165, 1.54) is 43.5 Å². The number of hydrogen-bond donors (Lipinski definition) is 2. The Bertz CT molecular complexity index is 979. The van der Waals surface area contributed by atoms with E-state index in [4.69, 9.17) is 9.47 Å². The molecule has 2 rings (SSSR count). The highest BCUT2D eigenvalue weighted by Crippen LogP contribution is 2.22. The van der Waals surface area contributed by atoms with Gasteiger partial charge >= 0.3 is 5.97 Å². The summed E-state index contributed by atoms with van der Waals surface area (Å²) in [6.45, 7) is 4.93. The number of hydrogen-bond acceptors (Lipinski definition) is 6. The van der Waals surface area contributed by atoms with E-state index in [1.807, 2.05) is 0 Å². The SMILES string of the molecule is COc1ccc(S(=O)(=O)Nc2ccccc2C(=O)OCC(=O)NC(C)(C)C)cc1. The number of ether oxygens (including phenoxy) is 2. The van der Waals surface area contributed by atoms with Crippen LogP contribution >= 0.6 is 0 Å². The van der Waals surface area contributed by atoms with Crippen LogP contribution in [0.25, 0.3) is 0 Å². The van der Waals surface area contributed by atoms with Crippen LogP contribution in [0.5, 0.6) is 5.75 Å². The van der Waals surface area contributed by atoms with E-state index in [-0.39, 0.29) is 16.1 Å². The Morgan fingerprint density at radius 1 is 1.00 bits per heavy atom. The van der Waals surface area contributed by atoms with Gasteiger partial charge in [0.25, 0.3) is 15.9 Å². The van der Waals surface area contributed by atoms with Gasteiger partial charge in [0, 0.05) is 5.54 Å². The van der Waals surface area contributed by atoms with Gasteiger partial charge in [-0.15, -0.1) is 0 Å². The largest absolute Gasteiger partial charge is 0.497 e. The molecule has 0 fully saturated rings. The highest BCUT2D eigenvalue weighted by Gasteiger charge is 2.21. The summed E-state index contributed by atoms with van der Waals surface area (Å²) in [7, 11) is -2.46. The predicted octanol–water partition coefficient (Wildman–Crippen LogP) is 2.57. The van der Waals surface area contributed by atoms with Crippen molar-refractivity contribution in [3.05, 3.63) is 54.1 Å². The Hall–Kier alpha value is -3.07. The molecule has 0 saturated heterocycles. The zero-order chi connectivity index (χ0) is 21.7. The van der Waals surface area contributed by atoms with Crippen LogP contribution < -0.4 is 14.8 Å². The lowest BCUT2D eigenvalue weighted by Crippen LogP contribution is -2.42. The van der Waals surface area contributed by atoms with Crippen LogP contribution in [0.2, 0.25) is 0 Å². The number of benzene rings is 2. The van der Waals surface area contributed by atoms with Gasteiger partial charge in [0.1, 0.15) is 5.75 Å². The summed E-state index contributed by atoms with van der Waals surface area (Å²) in [4.78, 5) is 24.2. The molecule has 0 atom stereocenters. The van der Waals surface area contributed by atoms with Gasteiger partial charge in [-0.3, -0.25) is 9.52 Å². The fourth-order valence-corrected chi connectivity index (χ4v) is 3.45. The van der Waals surface area contributed by atoms with E-state index < -0.39 is 34.0 Å². The average Bonchev–Trinajstić information content (AvgIpc) is 2.65. The zero-order valence-corrected chi connectivity index (χ0v) is 17.5. The quantitative estimate of drug-likeness (QED) is 0.666. The summed E-state index contributed by atoms with van der Waals surface area (Å²) in [5.74, 6) is -0.759. The van der Waals surface area contributed by atoms with Gasteiger partial charge < -0.3 is 14.8 Å². The van der Waals surface area contributed by atoms with Crippen molar-refractivity contribution < 1.29 is 27.5 Å². The molecule has 2 N–H and O–H groups in total. The molecule has 8 nitrogen and oxygen atoms in total. The number of anilines is 1. The molecule has 0 aliphatic carbocycles. The van der Waals surface area contributed by atoms with Crippen LogP contribution in [0.3, 0.4) is 0 Å². The molecule has 156 valence electrons. The van der Waals surface area contributed by atoms with Gasteiger partial charge in [0.15, 0.2) is 6.61 Å². The molecule has 29 heavy (non-hydrogen) atoms. The first-order chi connectivity index (χ1) is 13.5. The minimum atomic E-state index is -3.94. The fraction of sp³-hybridized carbons (Fsp3) is 0.300. The first-order valence-corrected chi connectivity index (χ1v) is 10.2. The van der Waals surface area contributed by atoms with Gasteiger partial charge in [-0.25, -0.2) is 13.2 Å². The number of carbonyl (C=O) groups is 2. The third kappa shape index (κ3) is 6.49. The third-order valence-electron chi connectivity index (χ3n) is 3.61. The molecule has 0 aliphatic rings. The molecule has 0 aliphatic heterocycles. The van der Waals surface area contributed by atoms with Crippen LogP contribution in [0.4, 0.5) is 5.69 Å². The molecule has 9 heteroatoms. The zero-order valence-electron chi connectivity index (χ0n) is 16.7. The molecule has 0 spiro atoms. The normalized spacial score (nSPS) is 11.4. The van der Waals surface area contributed by atoms with Crippen LogP contribution in [-0.2, 0) is 19.6 Å². The van der Waals surface area contributed by atoms with Crippen molar-refractivity contribution in [1.82, 2.24) is 5.32 Å². The molecule has 2 aromatic rings. The van der Waals surface area contributed by atoms with Gasteiger partial charge in [0.2, 0.25) is 0 Å². The van der Waals surface area contributed by atoms with Crippen molar-refractivity contribution >= 4 is 27.6 Å². The van der Waals surface area contributed by atoms with E-state index in [0.29, 0.717) is 5.75 Å². The lowest BCUT2D eigenvalue weighted by molar-refractivity contribution is -0.125. The van der Waals surface area contributed by atoms with Gasteiger partial charge in [-0.1, -0.05) is 12.1 Å². The molecule has 0 heterocycles. The summed E-state index contributed by atoms with van der Waals surface area (Å²) in [6.07, 6.45) is 0. The average molecular weight is 420 g/mol. The first kappa shape index (κ1) is 22.2. The number of methoxy groups -OCH3 is 1. The second-order valence-electron chi connectivity index (χ2n) is 7.20.